The van der Waals surface area contributed by atoms with Gasteiger partial charge in [0.2, 0.25) is 0 Å². The molecule has 182 valence electrons. The van der Waals surface area contributed by atoms with Gasteiger partial charge in [-0.2, -0.15) is 0 Å². The number of hydrogen-bond donors (Lipinski definition) is 2. The molecule has 2 N–H and O–H groups in total. The molecule has 1 unspecified atom stereocenters. The zero-order valence-corrected chi connectivity index (χ0v) is 20.6. The molecule has 8 nitrogen and oxygen atoms in total. The molecular formula is C25H30N2O6S. The number of amides is 1. The fourth-order valence-corrected chi connectivity index (χ4v) is 5.77. The number of carboxylic acid groups (broad SMARTS) is 1. The lowest BCUT2D eigenvalue weighted by Crippen LogP contribution is -2.46. The number of benzene rings is 2. The van der Waals surface area contributed by atoms with Crippen LogP contribution in [-0.2, 0) is 19.6 Å². The van der Waals surface area contributed by atoms with Crippen LogP contribution in [0.3, 0.4) is 0 Å². The topological polar surface area (TPSA) is 113 Å². The second-order valence-electron chi connectivity index (χ2n) is 9.07. The maximum absolute atomic E-state index is 13.3. The van der Waals surface area contributed by atoms with E-state index < -0.39 is 33.4 Å². The number of carboxylic acids is 1. The van der Waals surface area contributed by atoms with Gasteiger partial charge in [-0.15, -0.1) is 0 Å². The standard InChI is InChI=1S/C25H30N2O6S/c1-17(24(29)30)18-11-13-20(14-12-18)33-16-8-15-26-21-22(19-9-6-5-7-10-19)34(31,32)27(23(21)28)25(2,3)4/h5-7,9-14,17,26H,8,15-16H2,1-4H3,(H,29,30). The fraction of sp³-hybridized carbons (Fsp3) is 0.360. The summed E-state index contributed by atoms with van der Waals surface area (Å²) in [6, 6.07) is 15.5. The number of carbonyl (C=O) groups is 2. The molecule has 34 heavy (non-hydrogen) atoms. The van der Waals surface area contributed by atoms with Crippen molar-refractivity contribution in [3.05, 3.63) is 71.4 Å². The van der Waals surface area contributed by atoms with Crippen molar-refractivity contribution in [2.75, 3.05) is 13.2 Å². The van der Waals surface area contributed by atoms with E-state index >= 15 is 0 Å². The Kier molecular flexibility index (Phi) is 7.35. The lowest BCUT2D eigenvalue weighted by molar-refractivity contribution is -0.138. The molecule has 1 aliphatic rings. The Balaban J connectivity index is 1.68. The van der Waals surface area contributed by atoms with Gasteiger partial charge in [-0.25, -0.2) is 12.7 Å². The number of nitrogens with one attached hydrogen (secondary N) is 1. The average Bonchev–Trinajstić information content (AvgIpc) is 2.98. The molecule has 2 aromatic rings. The van der Waals surface area contributed by atoms with Gasteiger partial charge in [-0.05, 0) is 57.4 Å². The number of sulfonamides is 1. The first-order valence-corrected chi connectivity index (χ1v) is 12.5. The Hall–Kier alpha value is -3.33. The molecule has 0 spiro atoms. The third kappa shape index (κ3) is 5.25. The van der Waals surface area contributed by atoms with Gasteiger partial charge in [0.25, 0.3) is 15.9 Å². The van der Waals surface area contributed by atoms with Crippen LogP contribution in [0.5, 0.6) is 5.75 Å². The van der Waals surface area contributed by atoms with E-state index in [1.54, 1.807) is 82.3 Å². The molecule has 0 radical (unpaired) electrons. The number of hydrogen-bond acceptors (Lipinski definition) is 6. The van der Waals surface area contributed by atoms with Gasteiger partial charge in [-0.1, -0.05) is 42.5 Å². The first-order valence-electron chi connectivity index (χ1n) is 11.0. The molecule has 0 fully saturated rings. The number of nitrogens with zero attached hydrogens (tertiary/aromatic N) is 1. The normalized spacial score (nSPS) is 16.5. The largest absolute Gasteiger partial charge is 0.494 e. The Labute approximate surface area is 200 Å². The third-order valence-electron chi connectivity index (χ3n) is 5.41. The Bertz CT molecular complexity index is 1180. The molecule has 1 heterocycles. The lowest BCUT2D eigenvalue weighted by atomic mass is 10.0. The van der Waals surface area contributed by atoms with Crippen molar-refractivity contribution in [1.29, 1.82) is 0 Å². The van der Waals surface area contributed by atoms with E-state index in [-0.39, 0.29) is 10.6 Å². The molecule has 9 heteroatoms. The number of rotatable bonds is 9. The molecule has 1 aliphatic heterocycles. The molecule has 0 aliphatic carbocycles. The zero-order chi connectivity index (χ0) is 25.1. The zero-order valence-electron chi connectivity index (χ0n) is 19.7. The Morgan fingerprint density at radius 1 is 1.09 bits per heavy atom. The maximum atomic E-state index is 13.3. The van der Waals surface area contributed by atoms with E-state index in [1.165, 1.54) is 0 Å². The summed E-state index contributed by atoms with van der Waals surface area (Å²) < 4.78 is 33.2. The van der Waals surface area contributed by atoms with Crippen LogP contribution in [0.1, 0.15) is 51.2 Å². The second kappa shape index (κ2) is 9.89. The highest BCUT2D eigenvalue weighted by Gasteiger charge is 2.49. The van der Waals surface area contributed by atoms with E-state index in [1.807, 2.05) is 0 Å². The molecule has 0 aromatic heterocycles. The highest BCUT2D eigenvalue weighted by molar-refractivity contribution is 7.99. The van der Waals surface area contributed by atoms with Gasteiger partial charge in [0.05, 0.1) is 18.1 Å². The van der Waals surface area contributed by atoms with Gasteiger partial charge >= 0.3 is 5.97 Å². The minimum absolute atomic E-state index is 0.0166. The quantitative estimate of drug-likeness (QED) is 0.521. The Morgan fingerprint density at radius 3 is 2.26 bits per heavy atom. The van der Waals surface area contributed by atoms with Crippen LogP contribution in [0.25, 0.3) is 4.91 Å². The van der Waals surface area contributed by atoms with E-state index in [2.05, 4.69) is 5.32 Å². The van der Waals surface area contributed by atoms with E-state index in [9.17, 15) is 18.0 Å². The van der Waals surface area contributed by atoms with Crippen LogP contribution in [-0.4, -0.2) is 48.4 Å². The van der Waals surface area contributed by atoms with Crippen molar-refractivity contribution in [2.45, 2.75) is 45.6 Å². The molecular weight excluding hydrogens is 456 g/mol. The molecule has 3 rings (SSSR count). The highest BCUT2D eigenvalue weighted by atomic mass is 32.2. The molecule has 1 amide bonds. The summed E-state index contributed by atoms with van der Waals surface area (Å²) in [5, 5.41) is 12.1. The van der Waals surface area contributed by atoms with Crippen LogP contribution in [0.4, 0.5) is 0 Å². The van der Waals surface area contributed by atoms with Gasteiger partial charge in [0, 0.05) is 6.54 Å². The first kappa shape index (κ1) is 25.3. The molecule has 0 saturated carbocycles. The Morgan fingerprint density at radius 2 is 1.71 bits per heavy atom. The van der Waals surface area contributed by atoms with E-state index in [4.69, 9.17) is 9.84 Å². The molecule has 0 saturated heterocycles. The van der Waals surface area contributed by atoms with E-state index in [0.29, 0.717) is 36.4 Å². The summed E-state index contributed by atoms with van der Waals surface area (Å²) in [6.07, 6.45) is 0.516. The third-order valence-corrected chi connectivity index (χ3v) is 7.56. The van der Waals surface area contributed by atoms with Crippen molar-refractivity contribution in [3.8, 4) is 5.75 Å². The van der Waals surface area contributed by atoms with Crippen molar-refractivity contribution in [3.63, 3.8) is 0 Å². The van der Waals surface area contributed by atoms with Crippen LogP contribution < -0.4 is 10.1 Å². The van der Waals surface area contributed by atoms with Crippen LogP contribution in [0.2, 0.25) is 0 Å². The van der Waals surface area contributed by atoms with Crippen molar-refractivity contribution < 1.29 is 27.9 Å². The van der Waals surface area contributed by atoms with Crippen LogP contribution in [0, 0.1) is 0 Å². The fourth-order valence-electron chi connectivity index (χ4n) is 3.70. The predicted octanol–water partition coefficient (Wildman–Crippen LogP) is 3.57. The van der Waals surface area contributed by atoms with E-state index in [0.717, 1.165) is 4.31 Å². The van der Waals surface area contributed by atoms with Crippen LogP contribution >= 0.6 is 0 Å². The van der Waals surface area contributed by atoms with Crippen LogP contribution in [0.15, 0.2) is 60.3 Å². The van der Waals surface area contributed by atoms with Gasteiger partial charge < -0.3 is 15.2 Å². The van der Waals surface area contributed by atoms with Gasteiger partial charge in [-0.3, -0.25) is 9.59 Å². The van der Waals surface area contributed by atoms with Crippen molar-refractivity contribution >= 4 is 26.8 Å². The summed E-state index contributed by atoms with van der Waals surface area (Å²) in [4.78, 5) is 24.2. The summed E-state index contributed by atoms with van der Waals surface area (Å²) in [5.74, 6) is -1.46. The second-order valence-corrected chi connectivity index (χ2v) is 10.8. The van der Waals surface area contributed by atoms with Gasteiger partial charge in [0.1, 0.15) is 16.4 Å². The van der Waals surface area contributed by atoms with Crippen molar-refractivity contribution in [2.24, 2.45) is 0 Å². The number of aliphatic carboxylic acids is 1. The maximum Gasteiger partial charge on any atom is 0.310 e. The monoisotopic (exact) mass is 486 g/mol. The summed E-state index contributed by atoms with van der Waals surface area (Å²) in [6.45, 7) is 7.34. The summed E-state index contributed by atoms with van der Waals surface area (Å²) >= 11 is 0. The van der Waals surface area contributed by atoms with Gasteiger partial charge in [0.15, 0.2) is 0 Å². The minimum Gasteiger partial charge on any atom is -0.494 e. The summed E-state index contributed by atoms with van der Waals surface area (Å²) in [5.41, 5.74) is 0.295. The SMILES string of the molecule is CC(C(=O)O)c1ccc(OCCCNC2=C(c3ccccc3)S(=O)(=O)N(C(C)(C)C)C2=O)cc1. The van der Waals surface area contributed by atoms with Crippen molar-refractivity contribution in [1.82, 2.24) is 9.62 Å². The number of carbonyl (C=O) groups excluding carboxylic acids is 1. The molecule has 0 bridgehead atoms. The molecule has 1 atom stereocenters. The lowest BCUT2D eigenvalue weighted by Gasteiger charge is -2.30. The minimum atomic E-state index is -4.01. The highest BCUT2D eigenvalue weighted by Crippen LogP contribution is 2.38. The molecule has 2 aromatic carbocycles. The first-order chi connectivity index (χ1) is 15.9. The predicted molar refractivity (Wildman–Crippen MR) is 129 cm³/mol. The average molecular weight is 487 g/mol. The smallest absolute Gasteiger partial charge is 0.310 e. The number of ether oxygens (including phenoxy) is 1. The summed E-state index contributed by atoms with van der Waals surface area (Å²) in [7, 11) is -4.01.